The van der Waals surface area contributed by atoms with E-state index in [1.54, 1.807) is 0 Å². The van der Waals surface area contributed by atoms with Gasteiger partial charge in [-0.2, -0.15) is 13.2 Å². The number of urea groups is 1. The van der Waals surface area contributed by atoms with E-state index in [1.807, 2.05) is 18.2 Å². The third-order valence-electron chi connectivity index (χ3n) is 7.42. The number of ether oxygens (including phenoxy) is 1. The minimum atomic E-state index is -5.32. The van der Waals surface area contributed by atoms with Gasteiger partial charge in [0.05, 0.1) is 12.8 Å². The Hall–Kier alpha value is -4.12. The normalized spacial score (nSPS) is 14.3. The molecule has 3 aromatic rings. The minimum absolute atomic E-state index is 0.0332. The van der Waals surface area contributed by atoms with Crippen LogP contribution in [0.1, 0.15) is 30.4 Å². The zero-order valence-electron chi connectivity index (χ0n) is 23.9. The second-order valence-electron chi connectivity index (χ2n) is 10.5. The molecule has 3 aromatic carbocycles. The number of alkyl halides is 3. The lowest BCUT2D eigenvalue weighted by Crippen LogP contribution is -2.47. The highest BCUT2D eigenvalue weighted by molar-refractivity contribution is 5.93. The summed E-state index contributed by atoms with van der Waals surface area (Å²) in [5.74, 6) is -2.00. The number of benzene rings is 3. The van der Waals surface area contributed by atoms with E-state index < -0.39 is 24.0 Å². The molecule has 11 heteroatoms. The molecule has 0 spiro atoms. The van der Waals surface area contributed by atoms with Gasteiger partial charge in [-0.05, 0) is 98.8 Å². The first-order valence-electron chi connectivity index (χ1n) is 14.2. The lowest BCUT2D eigenvalue weighted by atomic mass is 9.90. The molecule has 43 heavy (non-hydrogen) atoms. The van der Waals surface area contributed by atoms with Crippen LogP contribution in [0.4, 0.5) is 28.0 Å². The van der Waals surface area contributed by atoms with Gasteiger partial charge < -0.3 is 19.4 Å². The number of carbonyl (C=O) groups excluding carboxylic acids is 2. The monoisotopic (exact) mass is 601 g/mol. The second-order valence-corrected chi connectivity index (χ2v) is 10.5. The molecule has 2 amide bonds. The van der Waals surface area contributed by atoms with Gasteiger partial charge in [-0.3, -0.25) is 0 Å². The Morgan fingerprint density at radius 2 is 1.56 bits per heavy atom. The van der Waals surface area contributed by atoms with Gasteiger partial charge in [-0.15, -0.1) is 5.06 Å². The summed E-state index contributed by atoms with van der Waals surface area (Å²) in [4.78, 5) is 33.7. The van der Waals surface area contributed by atoms with Crippen LogP contribution >= 0.6 is 0 Å². The molecule has 1 saturated heterocycles. The van der Waals surface area contributed by atoms with E-state index in [-0.39, 0.29) is 18.8 Å². The van der Waals surface area contributed by atoms with Crippen molar-refractivity contribution >= 4 is 17.7 Å². The summed E-state index contributed by atoms with van der Waals surface area (Å²) in [6, 6.07) is 20.4. The fourth-order valence-corrected chi connectivity index (χ4v) is 5.08. The van der Waals surface area contributed by atoms with E-state index in [0.29, 0.717) is 35.3 Å². The fourth-order valence-electron chi connectivity index (χ4n) is 5.08. The smallest absolute Gasteiger partial charge is 0.493 e. The molecule has 4 rings (SSSR count). The van der Waals surface area contributed by atoms with Gasteiger partial charge in [0.25, 0.3) is 0 Å². The molecule has 0 bridgehead atoms. The molecule has 1 aliphatic heterocycles. The van der Waals surface area contributed by atoms with Gasteiger partial charge in [0.1, 0.15) is 11.6 Å². The predicted octanol–water partition coefficient (Wildman–Crippen LogP) is 6.63. The van der Waals surface area contributed by atoms with E-state index in [2.05, 4.69) is 21.9 Å². The molecule has 7 nitrogen and oxygen atoms in total. The van der Waals surface area contributed by atoms with Crippen LogP contribution in [0.5, 0.6) is 5.75 Å². The summed E-state index contributed by atoms with van der Waals surface area (Å²) in [5.41, 5.74) is 1.80. The van der Waals surface area contributed by atoms with Gasteiger partial charge in [-0.1, -0.05) is 42.5 Å². The number of amides is 2. The summed E-state index contributed by atoms with van der Waals surface area (Å²) >= 11 is 0. The molecular weight excluding hydrogens is 566 g/mol. The quantitative estimate of drug-likeness (QED) is 0.193. The van der Waals surface area contributed by atoms with Crippen molar-refractivity contribution in [3.63, 3.8) is 0 Å². The molecule has 1 fully saturated rings. The number of methoxy groups -OCH3 is 1. The predicted molar refractivity (Wildman–Crippen MR) is 154 cm³/mol. The van der Waals surface area contributed by atoms with E-state index in [1.165, 1.54) is 66.1 Å². The van der Waals surface area contributed by atoms with Gasteiger partial charge in [-0.25, -0.2) is 14.0 Å². The highest BCUT2D eigenvalue weighted by Gasteiger charge is 2.44. The standard InChI is InChI=1S/C32H35F4N3O4/c1-42-29-14-12-28(13-15-29)39(43-30(40)32(34,35)36)31(41)38(23-26-8-10-27(33)11-9-26)19-5-18-37-20-16-25(17-21-37)22-24-6-3-2-4-7-24/h2-4,6-15,25H,5,16-23H2,1H3. The number of piperidine rings is 1. The Morgan fingerprint density at radius 3 is 2.16 bits per heavy atom. The zero-order chi connectivity index (χ0) is 30.8. The van der Waals surface area contributed by atoms with Crippen LogP contribution in [-0.2, 0) is 22.6 Å². The number of halogens is 4. The van der Waals surface area contributed by atoms with Crippen molar-refractivity contribution in [2.75, 3.05) is 38.4 Å². The maximum atomic E-state index is 13.7. The second kappa shape index (κ2) is 14.9. The number of hydrogen-bond donors (Lipinski definition) is 0. The first kappa shape index (κ1) is 31.8. The highest BCUT2D eigenvalue weighted by atomic mass is 19.4. The largest absolute Gasteiger partial charge is 0.497 e. The van der Waals surface area contributed by atoms with Crippen molar-refractivity contribution in [1.29, 1.82) is 0 Å². The molecule has 1 heterocycles. The van der Waals surface area contributed by atoms with Crippen molar-refractivity contribution in [3.8, 4) is 5.75 Å². The van der Waals surface area contributed by atoms with Crippen molar-refractivity contribution in [3.05, 3.63) is 95.8 Å². The highest BCUT2D eigenvalue weighted by Crippen LogP contribution is 2.26. The summed E-state index contributed by atoms with van der Waals surface area (Å²) in [5, 5.41) is 0.341. The van der Waals surface area contributed by atoms with Crippen LogP contribution in [-0.4, -0.2) is 61.3 Å². The Balaban J connectivity index is 1.44. The molecule has 1 aliphatic rings. The summed E-state index contributed by atoms with van der Waals surface area (Å²) in [7, 11) is 1.41. The van der Waals surface area contributed by atoms with E-state index in [4.69, 9.17) is 4.74 Å². The Kier molecular flexibility index (Phi) is 11.0. The third kappa shape index (κ3) is 9.44. The number of hydroxylamine groups is 1. The maximum absolute atomic E-state index is 13.7. The van der Waals surface area contributed by atoms with Gasteiger partial charge >= 0.3 is 18.2 Å². The van der Waals surface area contributed by atoms with Crippen molar-refractivity contribution < 1.29 is 36.7 Å². The number of likely N-dealkylation sites (tertiary alicyclic amines) is 1. The zero-order valence-corrected chi connectivity index (χ0v) is 23.9. The SMILES string of the molecule is COc1ccc(N(OC(=O)C(F)(F)F)C(=O)N(CCCN2CCC(Cc3ccccc3)CC2)Cc2ccc(F)cc2)cc1. The summed E-state index contributed by atoms with van der Waals surface area (Å²) < 4.78 is 58.1. The molecule has 0 N–H and O–H groups in total. The molecule has 230 valence electrons. The average Bonchev–Trinajstić information content (AvgIpc) is 3.01. The number of carbonyl (C=O) groups is 2. The van der Waals surface area contributed by atoms with E-state index >= 15 is 0 Å². The Bertz CT molecular complexity index is 1310. The molecule has 0 radical (unpaired) electrons. The third-order valence-corrected chi connectivity index (χ3v) is 7.42. The lowest BCUT2D eigenvalue weighted by Gasteiger charge is -2.33. The van der Waals surface area contributed by atoms with Crippen LogP contribution in [0.3, 0.4) is 0 Å². The van der Waals surface area contributed by atoms with Crippen LogP contribution < -0.4 is 9.80 Å². The maximum Gasteiger partial charge on any atom is 0.493 e. The van der Waals surface area contributed by atoms with Gasteiger partial charge in [0.2, 0.25) is 0 Å². The van der Waals surface area contributed by atoms with E-state index in [9.17, 15) is 27.2 Å². The van der Waals surface area contributed by atoms with Crippen LogP contribution in [0.2, 0.25) is 0 Å². The van der Waals surface area contributed by atoms with Crippen LogP contribution in [0, 0.1) is 11.7 Å². The fraction of sp³-hybridized carbons (Fsp3) is 0.375. The molecule has 0 atom stereocenters. The molecule has 0 aliphatic carbocycles. The summed E-state index contributed by atoms with van der Waals surface area (Å²) in [6.45, 7) is 2.62. The topological polar surface area (TPSA) is 62.3 Å². The first-order chi connectivity index (χ1) is 20.6. The number of rotatable bonds is 10. The van der Waals surface area contributed by atoms with Crippen molar-refractivity contribution in [1.82, 2.24) is 9.80 Å². The van der Waals surface area contributed by atoms with E-state index in [0.717, 1.165) is 32.4 Å². The Labute approximate surface area is 248 Å². The molecular formula is C32H35F4N3O4. The van der Waals surface area contributed by atoms with Crippen LogP contribution in [0.25, 0.3) is 0 Å². The van der Waals surface area contributed by atoms with Crippen molar-refractivity contribution in [2.45, 2.75) is 38.4 Å². The summed E-state index contributed by atoms with van der Waals surface area (Å²) in [6.07, 6.45) is -1.66. The molecule has 0 saturated carbocycles. The number of anilines is 1. The molecule has 0 unspecified atom stereocenters. The van der Waals surface area contributed by atoms with Crippen LogP contribution in [0.15, 0.2) is 78.9 Å². The molecule has 0 aromatic heterocycles. The van der Waals surface area contributed by atoms with Gasteiger partial charge in [0.15, 0.2) is 0 Å². The lowest BCUT2D eigenvalue weighted by molar-refractivity contribution is -0.200. The minimum Gasteiger partial charge on any atom is -0.497 e. The number of hydrogen-bond acceptors (Lipinski definition) is 5. The number of nitrogens with zero attached hydrogens (tertiary/aromatic N) is 3. The van der Waals surface area contributed by atoms with Gasteiger partial charge in [0, 0.05) is 13.1 Å². The first-order valence-corrected chi connectivity index (χ1v) is 14.2. The average molecular weight is 602 g/mol. The van der Waals surface area contributed by atoms with Crippen molar-refractivity contribution in [2.24, 2.45) is 5.92 Å². The Morgan fingerprint density at radius 1 is 0.907 bits per heavy atom.